The molecule has 1 aliphatic heterocycles. The number of aromatic nitrogens is 3. The molecule has 1 aliphatic rings. The Balaban J connectivity index is 1.31. The van der Waals surface area contributed by atoms with Gasteiger partial charge in [-0.3, -0.25) is 4.79 Å². The average molecular weight is 390 g/mol. The normalized spacial score (nSPS) is 14.4. The van der Waals surface area contributed by atoms with Crippen molar-refractivity contribution in [2.75, 3.05) is 36.4 Å². The molecule has 0 bridgehead atoms. The Morgan fingerprint density at radius 2 is 1.90 bits per heavy atom. The van der Waals surface area contributed by atoms with Crippen molar-refractivity contribution in [2.24, 2.45) is 0 Å². The topological polar surface area (TPSA) is 87.4 Å². The molecule has 1 fully saturated rings. The van der Waals surface area contributed by atoms with Crippen LogP contribution in [0.25, 0.3) is 6.08 Å². The number of carbonyl (C=O) groups is 1. The summed E-state index contributed by atoms with van der Waals surface area (Å²) in [5.41, 5.74) is 0.936. The molecule has 8 nitrogen and oxygen atoms in total. The molecule has 0 unspecified atom stereocenters. The number of anilines is 3. The highest BCUT2D eigenvalue weighted by Crippen LogP contribution is 2.17. The van der Waals surface area contributed by atoms with E-state index < -0.39 is 0 Å². The maximum Gasteiger partial charge on any atom is 0.246 e. The van der Waals surface area contributed by atoms with E-state index >= 15 is 0 Å². The Bertz CT molecular complexity index is 977. The van der Waals surface area contributed by atoms with E-state index in [2.05, 4.69) is 25.4 Å². The summed E-state index contributed by atoms with van der Waals surface area (Å²) >= 11 is 0. The molecule has 1 N–H and O–H groups in total. The van der Waals surface area contributed by atoms with Gasteiger partial charge >= 0.3 is 0 Å². The summed E-state index contributed by atoms with van der Waals surface area (Å²) in [6.07, 6.45) is 4.82. The lowest BCUT2D eigenvalue weighted by Gasteiger charge is -2.34. The molecule has 148 valence electrons. The number of hydrogen-bond acceptors (Lipinski definition) is 7. The van der Waals surface area contributed by atoms with E-state index in [9.17, 15) is 4.79 Å². The summed E-state index contributed by atoms with van der Waals surface area (Å²) in [6.45, 7) is 4.63. The van der Waals surface area contributed by atoms with Crippen molar-refractivity contribution in [3.8, 4) is 0 Å². The van der Waals surface area contributed by atoms with Crippen LogP contribution in [0.4, 0.5) is 17.5 Å². The van der Waals surface area contributed by atoms with Crippen LogP contribution in [0.3, 0.4) is 0 Å². The predicted octanol–water partition coefficient (Wildman–Crippen LogP) is 2.88. The van der Waals surface area contributed by atoms with Crippen LogP contribution in [0.5, 0.6) is 0 Å². The number of nitrogens with one attached hydrogen (secondary N) is 1. The van der Waals surface area contributed by atoms with Crippen molar-refractivity contribution in [3.05, 3.63) is 66.3 Å². The van der Waals surface area contributed by atoms with Crippen molar-refractivity contribution in [1.29, 1.82) is 0 Å². The lowest BCUT2D eigenvalue weighted by atomic mass is 10.3. The first-order valence-electron chi connectivity index (χ1n) is 9.47. The van der Waals surface area contributed by atoms with Crippen molar-refractivity contribution in [1.82, 2.24) is 20.1 Å². The smallest absolute Gasteiger partial charge is 0.246 e. The molecular weight excluding hydrogens is 368 g/mol. The Morgan fingerprint density at radius 3 is 2.59 bits per heavy atom. The van der Waals surface area contributed by atoms with Crippen molar-refractivity contribution >= 4 is 29.4 Å². The second-order valence-corrected chi connectivity index (χ2v) is 6.73. The maximum atomic E-state index is 12.3. The highest BCUT2D eigenvalue weighted by molar-refractivity contribution is 5.91. The Morgan fingerprint density at radius 1 is 1.03 bits per heavy atom. The van der Waals surface area contributed by atoms with E-state index in [4.69, 9.17) is 4.42 Å². The van der Waals surface area contributed by atoms with Crippen molar-refractivity contribution < 1.29 is 9.21 Å². The molecule has 4 rings (SSSR count). The lowest BCUT2D eigenvalue weighted by Crippen LogP contribution is -2.48. The van der Waals surface area contributed by atoms with Crippen molar-refractivity contribution in [3.63, 3.8) is 0 Å². The second-order valence-electron chi connectivity index (χ2n) is 6.73. The Labute approximate surface area is 168 Å². The molecule has 0 aromatic carbocycles. The van der Waals surface area contributed by atoms with E-state index in [0.29, 0.717) is 37.8 Å². The maximum absolute atomic E-state index is 12.3. The molecule has 29 heavy (non-hydrogen) atoms. The highest BCUT2D eigenvalue weighted by Gasteiger charge is 2.20. The van der Waals surface area contributed by atoms with Crippen LogP contribution >= 0.6 is 0 Å². The summed E-state index contributed by atoms with van der Waals surface area (Å²) in [5, 5.41) is 11.7. The van der Waals surface area contributed by atoms with E-state index in [1.807, 2.05) is 48.2 Å². The predicted molar refractivity (Wildman–Crippen MR) is 111 cm³/mol. The fourth-order valence-corrected chi connectivity index (χ4v) is 3.11. The van der Waals surface area contributed by atoms with Gasteiger partial charge in [0.05, 0.1) is 6.26 Å². The average Bonchev–Trinajstić information content (AvgIpc) is 3.26. The Hall–Kier alpha value is -3.68. The minimum atomic E-state index is -0.0164. The summed E-state index contributed by atoms with van der Waals surface area (Å²) < 4.78 is 5.21. The third-order valence-electron chi connectivity index (χ3n) is 4.64. The van der Waals surface area contributed by atoms with Gasteiger partial charge in [-0.15, -0.1) is 10.2 Å². The van der Waals surface area contributed by atoms with Gasteiger partial charge in [-0.05, 0) is 49.4 Å². The van der Waals surface area contributed by atoms with Gasteiger partial charge in [0.25, 0.3) is 0 Å². The van der Waals surface area contributed by atoms with E-state index in [1.54, 1.807) is 24.5 Å². The van der Waals surface area contributed by atoms with Gasteiger partial charge in [-0.2, -0.15) is 0 Å². The molecule has 4 heterocycles. The summed E-state index contributed by atoms with van der Waals surface area (Å²) in [7, 11) is 0. The molecule has 0 atom stereocenters. The lowest BCUT2D eigenvalue weighted by molar-refractivity contribution is -0.126. The quantitative estimate of drug-likeness (QED) is 0.670. The van der Waals surface area contributed by atoms with Gasteiger partial charge < -0.3 is 19.5 Å². The zero-order valence-corrected chi connectivity index (χ0v) is 16.2. The van der Waals surface area contributed by atoms with Crippen LogP contribution in [0.15, 0.2) is 59.2 Å². The number of aryl methyl sites for hydroxylation is 1. The first-order valence-corrected chi connectivity index (χ1v) is 9.47. The summed E-state index contributed by atoms with van der Waals surface area (Å²) in [6, 6.07) is 13.2. The van der Waals surface area contributed by atoms with Crippen LogP contribution < -0.4 is 10.2 Å². The fourth-order valence-electron chi connectivity index (χ4n) is 3.11. The van der Waals surface area contributed by atoms with Gasteiger partial charge in [-0.1, -0.05) is 6.07 Å². The molecule has 1 amide bonds. The largest absolute Gasteiger partial charge is 0.465 e. The van der Waals surface area contributed by atoms with Crippen LogP contribution in [-0.4, -0.2) is 52.2 Å². The third kappa shape index (κ3) is 4.78. The standard InChI is InChI=1S/C21H22N6O2/c1-16-4-2-6-18(22-16)23-19-8-9-20(25-24-19)26-11-13-27(14-12-26)21(28)10-7-17-5-3-15-29-17/h2-10,15H,11-14H2,1H3,(H,22,23,24). The number of rotatable bonds is 5. The SMILES string of the molecule is Cc1cccc(Nc2ccc(N3CCN(C(=O)C=Cc4ccco4)CC3)nn2)n1. The molecular formula is C21H22N6O2. The number of piperazine rings is 1. The van der Waals surface area contributed by atoms with Crippen LogP contribution in [-0.2, 0) is 4.79 Å². The number of nitrogens with zero attached hydrogens (tertiary/aromatic N) is 5. The van der Waals surface area contributed by atoms with Gasteiger partial charge in [0.2, 0.25) is 5.91 Å². The zero-order valence-electron chi connectivity index (χ0n) is 16.2. The van der Waals surface area contributed by atoms with E-state index in [0.717, 1.165) is 17.3 Å². The molecule has 3 aromatic heterocycles. The number of carbonyl (C=O) groups excluding carboxylic acids is 1. The zero-order chi connectivity index (χ0) is 20.1. The van der Waals surface area contributed by atoms with Crippen LogP contribution in [0.1, 0.15) is 11.5 Å². The molecule has 8 heteroatoms. The van der Waals surface area contributed by atoms with Gasteiger partial charge in [0, 0.05) is 37.9 Å². The highest BCUT2D eigenvalue weighted by atomic mass is 16.3. The molecule has 3 aromatic rings. The Kier molecular flexibility index (Phi) is 5.51. The van der Waals surface area contributed by atoms with Gasteiger partial charge in [0.1, 0.15) is 11.6 Å². The van der Waals surface area contributed by atoms with Gasteiger partial charge in [-0.25, -0.2) is 4.98 Å². The number of hydrogen-bond donors (Lipinski definition) is 1. The van der Waals surface area contributed by atoms with Gasteiger partial charge in [0.15, 0.2) is 11.6 Å². The van der Waals surface area contributed by atoms with E-state index in [-0.39, 0.29) is 5.91 Å². The molecule has 0 saturated carbocycles. The van der Waals surface area contributed by atoms with Crippen molar-refractivity contribution in [2.45, 2.75) is 6.92 Å². The second kappa shape index (κ2) is 8.55. The van der Waals surface area contributed by atoms with E-state index in [1.165, 1.54) is 0 Å². The number of amides is 1. The number of furan rings is 1. The summed E-state index contributed by atoms with van der Waals surface area (Å²) in [4.78, 5) is 20.7. The fraction of sp³-hybridized carbons (Fsp3) is 0.238. The molecule has 0 aliphatic carbocycles. The minimum Gasteiger partial charge on any atom is -0.465 e. The third-order valence-corrected chi connectivity index (χ3v) is 4.64. The number of pyridine rings is 1. The molecule has 1 saturated heterocycles. The minimum absolute atomic E-state index is 0.0164. The summed E-state index contributed by atoms with van der Waals surface area (Å²) in [5.74, 6) is 2.83. The first kappa shape index (κ1) is 18.7. The molecule has 0 spiro atoms. The van der Waals surface area contributed by atoms with Crippen LogP contribution in [0, 0.1) is 6.92 Å². The monoisotopic (exact) mass is 390 g/mol. The molecule has 0 radical (unpaired) electrons. The first-order chi connectivity index (χ1) is 14.2. The van der Waals surface area contributed by atoms with Crippen LogP contribution in [0.2, 0.25) is 0 Å².